The van der Waals surface area contributed by atoms with Gasteiger partial charge in [0.05, 0.1) is 49.8 Å². The fraction of sp³-hybridized carbons (Fsp3) is 0.242. The summed E-state index contributed by atoms with van der Waals surface area (Å²) in [5.41, 5.74) is 2.54. The molecule has 2 heterocycles. The maximum Gasteiger partial charge on any atom is 0.338 e. The van der Waals surface area contributed by atoms with E-state index in [-0.39, 0.29) is 23.6 Å². The van der Waals surface area contributed by atoms with E-state index in [2.05, 4.69) is 4.99 Å². The molecule has 44 heavy (non-hydrogen) atoms. The maximum atomic E-state index is 14.0. The van der Waals surface area contributed by atoms with Gasteiger partial charge >= 0.3 is 5.97 Å². The van der Waals surface area contributed by atoms with Crippen molar-refractivity contribution in [3.05, 3.63) is 114 Å². The second-order valence-corrected chi connectivity index (χ2v) is 10.8. The Bertz CT molecular complexity index is 1870. The lowest BCUT2D eigenvalue weighted by Crippen LogP contribution is -2.40. The summed E-state index contributed by atoms with van der Waals surface area (Å²) in [5.74, 6) is 0.898. The van der Waals surface area contributed by atoms with Crippen LogP contribution in [-0.4, -0.2) is 38.5 Å². The van der Waals surface area contributed by atoms with Gasteiger partial charge in [-0.15, -0.1) is 0 Å². The zero-order valence-electron chi connectivity index (χ0n) is 24.9. The molecule has 0 saturated carbocycles. The molecule has 0 radical (unpaired) electrons. The molecule has 0 unspecified atom stereocenters. The van der Waals surface area contributed by atoms with Crippen LogP contribution in [-0.2, 0) is 16.1 Å². The molecule has 1 aliphatic rings. The standard InChI is InChI=1S/C33H31FN2O7S/c1-6-42-32(38)28-19(2)35-33-36(29(28)22-16-25(39-3)30(41-5)26(17-22)40-4)31(37)27(44-33)15-20-9-13-24(14-10-20)43-18-21-7-11-23(34)12-8-21/h7-17,29H,6,18H2,1-5H3/b27-15-/t29-/m0/s1. The Morgan fingerprint density at radius 1 is 1.00 bits per heavy atom. The van der Waals surface area contributed by atoms with E-state index in [1.165, 1.54) is 49.4 Å². The van der Waals surface area contributed by atoms with E-state index in [1.54, 1.807) is 56.3 Å². The van der Waals surface area contributed by atoms with Crippen molar-refractivity contribution in [1.29, 1.82) is 0 Å². The topological polar surface area (TPSA) is 97.6 Å². The van der Waals surface area contributed by atoms with Gasteiger partial charge in [0.2, 0.25) is 5.75 Å². The van der Waals surface area contributed by atoms with Gasteiger partial charge in [0.25, 0.3) is 5.56 Å². The van der Waals surface area contributed by atoms with Crippen molar-refractivity contribution in [3.8, 4) is 23.0 Å². The number of thiazole rings is 1. The van der Waals surface area contributed by atoms with Crippen LogP contribution in [0.4, 0.5) is 4.39 Å². The molecule has 228 valence electrons. The number of carbonyl (C=O) groups excluding carboxylic acids is 1. The van der Waals surface area contributed by atoms with E-state index >= 15 is 0 Å². The van der Waals surface area contributed by atoms with Gasteiger partial charge in [-0.2, -0.15) is 0 Å². The van der Waals surface area contributed by atoms with E-state index in [0.717, 1.165) is 11.1 Å². The quantitative estimate of drug-likeness (QED) is 0.241. The minimum absolute atomic E-state index is 0.158. The van der Waals surface area contributed by atoms with Gasteiger partial charge in [-0.25, -0.2) is 14.2 Å². The van der Waals surface area contributed by atoms with Gasteiger partial charge in [-0.3, -0.25) is 9.36 Å². The number of rotatable bonds is 10. The Morgan fingerprint density at radius 2 is 1.66 bits per heavy atom. The second kappa shape index (κ2) is 13.2. The normalized spacial score (nSPS) is 14.5. The van der Waals surface area contributed by atoms with Crippen LogP contribution in [0.25, 0.3) is 6.08 Å². The maximum absolute atomic E-state index is 14.0. The van der Waals surface area contributed by atoms with Crippen LogP contribution in [0, 0.1) is 5.82 Å². The van der Waals surface area contributed by atoms with Crippen molar-refractivity contribution < 1.29 is 32.9 Å². The van der Waals surface area contributed by atoms with Crippen LogP contribution in [0.1, 0.15) is 36.6 Å². The first-order valence-corrected chi connectivity index (χ1v) is 14.6. The Kier molecular flexibility index (Phi) is 9.15. The van der Waals surface area contributed by atoms with Gasteiger partial charge in [0, 0.05) is 0 Å². The second-order valence-electron chi connectivity index (χ2n) is 9.75. The number of aromatic nitrogens is 1. The highest BCUT2D eigenvalue weighted by Crippen LogP contribution is 2.42. The monoisotopic (exact) mass is 618 g/mol. The SMILES string of the molecule is CCOC(=O)C1=C(C)N=c2s/c(=C\c3ccc(OCc4ccc(F)cc4)cc3)c(=O)n2[C@H]1c1cc(OC)c(OC)c(OC)c1. The number of hydrogen-bond donors (Lipinski definition) is 0. The summed E-state index contributed by atoms with van der Waals surface area (Å²) in [5, 5.41) is 0. The van der Waals surface area contributed by atoms with Gasteiger partial charge in [-0.1, -0.05) is 35.6 Å². The number of allylic oxidation sites excluding steroid dienone is 1. The predicted molar refractivity (Wildman–Crippen MR) is 164 cm³/mol. The molecule has 5 rings (SSSR count). The van der Waals surface area contributed by atoms with E-state index in [4.69, 9.17) is 23.7 Å². The molecule has 1 aromatic heterocycles. The first-order valence-electron chi connectivity index (χ1n) is 13.7. The number of methoxy groups -OCH3 is 3. The van der Waals surface area contributed by atoms with E-state index in [0.29, 0.717) is 50.2 Å². The lowest BCUT2D eigenvalue weighted by molar-refractivity contribution is -0.139. The van der Waals surface area contributed by atoms with Crippen LogP contribution in [0.15, 0.2) is 81.7 Å². The number of halogens is 1. The third-order valence-electron chi connectivity index (χ3n) is 7.02. The van der Waals surface area contributed by atoms with Gasteiger partial charge in [0.1, 0.15) is 18.2 Å². The third kappa shape index (κ3) is 6.09. The van der Waals surface area contributed by atoms with Crippen LogP contribution in [0.5, 0.6) is 23.0 Å². The Morgan fingerprint density at radius 3 is 2.25 bits per heavy atom. The summed E-state index contributed by atoms with van der Waals surface area (Å²) in [7, 11) is 4.50. The van der Waals surface area contributed by atoms with Crippen molar-refractivity contribution in [2.75, 3.05) is 27.9 Å². The average molecular weight is 619 g/mol. The summed E-state index contributed by atoms with van der Waals surface area (Å²) in [6.45, 7) is 3.89. The molecule has 11 heteroatoms. The Hall–Kier alpha value is -4.90. The number of esters is 1. The molecular weight excluding hydrogens is 587 g/mol. The van der Waals surface area contributed by atoms with Crippen molar-refractivity contribution in [1.82, 2.24) is 4.57 Å². The van der Waals surface area contributed by atoms with Crippen LogP contribution >= 0.6 is 11.3 Å². The summed E-state index contributed by atoms with van der Waals surface area (Å²) >= 11 is 1.22. The zero-order valence-corrected chi connectivity index (χ0v) is 25.7. The van der Waals surface area contributed by atoms with E-state index in [9.17, 15) is 14.0 Å². The van der Waals surface area contributed by atoms with Crippen molar-refractivity contribution >= 4 is 23.4 Å². The lowest BCUT2D eigenvalue weighted by atomic mass is 9.95. The fourth-order valence-corrected chi connectivity index (χ4v) is 5.97. The minimum Gasteiger partial charge on any atom is -0.493 e. The number of ether oxygens (including phenoxy) is 5. The molecule has 0 N–H and O–H groups in total. The first kappa shape index (κ1) is 30.6. The predicted octanol–water partition coefficient (Wildman–Crippen LogP) is 4.54. The number of carbonyl (C=O) groups is 1. The zero-order chi connectivity index (χ0) is 31.4. The van der Waals surface area contributed by atoms with E-state index < -0.39 is 12.0 Å². The average Bonchev–Trinajstić information content (AvgIpc) is 3.33. The van der Waals surface area contributed by atoms with Crippen LogP contribution in [0.2, 0.25) is 0 Å². The van der Waals surface area contributed by atoms with Crippen LogP contribution < -0.4 is 33.8 Å². The molecule has 0 amide bonds. The van der Waals surface area contributed by atoms with Gasteiger partial charge < -0.3 is 23.7 Å². The molecule has 0 saturated heterocycles. The minimum atomic E-state index is -0.858. The highest BCUT2D eigenvalue weighted by atomic mass is 32.1. The highest BCUT2D eigenvalue weighted by molar-refractivity contribution is 7.07. The van der Waals surface area contributed by atoms with E-state index in [1.807, 2.05) is 12.1 Å². The highest BCUT2D eigenvalue weighted by Gasteiger charge is 2.34. The number of benzene rings is 3. The molecule has 0 aliphatic carbocycles. The fourth-order valence-electron chi connectivity index (χ4n) is 4.93. The first-order chi connectivity index (χ1) is 21.3. The molecular formula is C33H31FN2O7S. The largest absolute Gasteiger partial charge is 0.493 e. The Balaban J connectivity index is 1.55. The number of fused-ring (bicyclic) bond motifs is 1. The number of nitrogens with zero attached hydrogens (tertiary/aromatic N) is 2. The van der Waals surface area contributed by atoms with Gasteiger partial charge in [0.15, 0.2) is 16.3 Å². The van der Waals surface area contributed by atoms with Crippen LogP contribution in [0.3, 0.4) is 0 Å². The molecule has 9 nitrogen and oxygen atoms in total. The summed E-state index contributed by atoms with van der Waals surface area (Å²) in [6.07, 6.45) is 1.77. The lowest BCUT2D eigenvalue weighted by Gasteiger charge is -2.26. The molecule has 1 aliphatic heterocycles. The molecule has 0 bridgehead atoms. The summed E-state index contributed by atoms with van der Waals surface area (Å²) in [4.78, 5) is 32.3. The molecule has 3 aromatic carbocycles. The summed E-state index contributed by atoms with van der Waals surface area (Å²) < 4.78 is 42.9. The third-order valence-corrected chi connectivity index (χ3v) is 8.00. The molecule has 0 spiro atoms. The molecule has 0 fully saturated rings. The van der Waals surface area contributed by atoms with Crippen molar-refractivity contribution in [2.24, 2.45) is 4.99 Å². The van der Waals surface area contributed by atoms with Gasteiger partial charge in [-0.05, 0) is 73.0 Å². The Labute approximate surface area is 257 Å². The van der Waals surface area contributed by atoms with Crippen molar-refractivity contribution in [2.45, 2.75) is 26.5 Å². The summed E-state index contributed by atoms with van der Waals surface area (Å²) in [6, 6.07) is 16.0. The van der Waals surface area contributed by atoms with Crippen molar-refractivity contribution in [3.63, 3.8) is 0 Å². The smallest absolute Gasteiger partial charge is 0.338 e. The number of hydrogen-bond acceptors (Lipinski definition) is 9. The molecule has 1 atom stereocenters. The molecule has 4 aromatic rings.